The Morgan fingerprint density at radius 1 is 1.27 bits per heavy atom. The van der Waals surface area contributed by atoms with Gasteiger partial charge in [-0.05, 0) is 24.3 Å². The van der Waals surface area contributed by atoms with E-state index in [9.17, 15) is 9.18 Å². The summed E-state index contributed by atoms with van der Waals surface area (Å²) in [6.07, 6.45) is 0. The van der Waals surface area contributed by atoms with E-state index in [4.69, 9.17) is 27.9 Å². The molecule has 0 bridgehead atoms. The van der Waals surface area contributed by atoms with Crippen LogP contribution in [0.2, 0.25) is 10.3 Å². The Morgan fingerprint density at radius 2 is 1.91 bits per heavy atom. The molecule has 7 heteroatoms. The lowest BCUT2D eigenvalue weighted by Gasteiger charge is -2.18. The fourth-order valence-electron chi connectivity index (χ4n) is 1.76. The van der Waals surface area contributed by atoms with Crippen molar-refractivity contribution in [3.8, 4) is 5.75 Å². The van der Waals surface area contributed by atoms with E-state index < -0.39 is 5.82 Å². The molecule has 2 aromatic rings. The van der Waals surface area contributed by atoms with E-state index in [-0.39, 0.29) is 35.1 Å². The number of aromatic nitrogens is 1. The minimum absolute atomic E-state index is 0.145. The lowest BCUT2D eigenvalue weighted by atomic mass is 10.2. The van der Waals surface area contributed by atoms with Gasteiger partial charge in [-0.25, -0.2) is 9.37 Å². The topological polar surface area (TPSA) is 42.4 Å². The molecule has 0 radical (unpaired) electrons. The number of para-hydroxylation sites is 1. The summed E-state index contributed by atoms with van der Waals surface area (Å²) < 4.78 is 18.7. The Balaban J connectivity index is 1.93. The lowest BCUT2D eigenvalue weighted by molar-refractivity contribution is 0.0773. The molecule has 0 N–H and O–H groups in total. The average molecular weight is 343 g/mol. The van der Waals surface area contributed by atoms with Gasteiger partial charge in [-0.3, -0.25) is 4.79 Å². The number of hydrogen-bond acceptors (Lipinski definition) is 3. The van der Waals surface area contributed by atoms with Crippen molar-refractivity contribution in [2.45, 2.75) is 0 Å². The quantitative estimate of drug-likeness (QED) is 0.778. The summed E-state index contributed by atoms with van der Waals surface area (Å²) >= 11 is 11.5. The number of nitrogens with zero attached hydrogens (tertiary/aromatic N) is 2. The largest absolute Gasteiger partial charge is 0.489 e. The van der Waals surface area contributed by atoms with E-state index in [2.05, 4.69) is 4.98 Å². The molecule has 22 heavy (non-hydrogen) atoms. The second-order valence-electron chi connectivity index (χ2n) is 4.51. The number of carbonyl (C=O) groups excluding carboxylic acids is 1. The highest BCUT2D eigenvalue weighted by molar-refractivity contribution is 6.33. The van der Waals surface area contributed by atoms with Crippen LogP contribution in [-0.4, -0.2) is 36.0 Å². The first-order valence-electron chi connectivity index (χ1n) is 6.43. The van der Waals surface area contributed by atoms with E-state index in [1.165, 1.54) is 29.2 Å². The standard InChI is InChI=1S/C15H13Cl2FN2O2/c1-20(6-7-22-12-5-3-2-4-11(12)18)15(21)10-8-13(16)19-14(17)9-10/h2-5,8-9H,6-7H2,1H3. The van der Waals surface area contributed by atoms with Gasteiger partial charge in [0, 0.05) is 12.6 Å². The van der Waals surface area contributed by atoms with Crippen molar-refractivity contribution in [3.63, 3.8) is 0 Å². The van der Waals surface area contributed by atoms with Gasteiger partial charge < -0.3 is 9.64 Å². The Hall–Kier alpha value is -1.85. The summed E-state index contributed by atoms with van der Waals surface area (Å²) in [6, 6.07) is 8.96. The third-order valence-electron chi connectivity index (χ3n) is 2.88. The molecule has 0 saturated heterocycles. The van der Waals surface area contributed by atoms with Crippen LogP contribution in [0.5, 0.6) is 5.75 Å². The Labute approximate surface area is 137 Å². The van der Waals surface area contributed by atoms with E-state index in [0.29, 0.717) is 5.56 Å². The van der Waals surface area contributed by atoms with Crippen LogP contribution >= 0.6 is 23.2 Å². The second kappa shape index (κ2) is 7.42. The van der Waals surface area contributed by atoms with E-state index >= 15 is 0 Å². The molecule has 2 rings (SSSR count). The molecular weight excluding hydrogens is 330 g/mol. The molecule has 0 fully saturated rings. The van der Waals surface area contributed by atoms with E-state index in [0.717, 1.165) is 0 Å². The minimum atomic E-state index is -0.441. The fourth-order valence-corrected chi connectivity index (χ4v) is 2.23. The number of hydrogen-bond donors (Lipinski definition) is 0. The van der Waals surface area contributed by atoms with Crippen molar-refractivity contribution in [3.05, 3.63) is 58.1 Å². The number of amides is 1. The number of ether oxygens (including phenoxy) is 1. The van der Waals surface area contributed by atoms with Crippen LogP contribution in [0.15, 0.2) is 36.4 Å². The van der Waals surface area contributed by atoms with Crippen molar-refractivity contribution in [1.82, 2.24) is 9.88 Å². The zero-order valence-electron chi connectivity index (χ0n) is 11.7. The molecule has 1 aromatic heterocycles. The molecule has 1 amide bonds. The van der Waals surface area contributed by atoms with Crippen LogP contribution in [0.25, 0.3) is 0 Å². The van der Waals surface area contributed by atoms with Crippen LogP contribution in [0.1, 0.15) is 10.4 Å². The fraction of sp³-hybridized carbons (Fsp3) is 0.200. The van der Waals surface area contributed by atoms with Crippen LogP contribution in [0, 0.1) is 5.82 Å². The SMILES string of the molecule is CN(CCOc1ccccc1F)C(=O)c1cc(Cl)nc(Cl)c1. The number of likely N-dealkylation sites (N-methyl/N-ethyl adjacent to an activating group) is 1. The maximum Gasteiger partial charge on any atom is 0.253 e. The number of pyridine rings is 1. The van der Waals surface area contributed by atoms with Gasteiger partial charge in [-0.1, -0.05) is 35.3 Å². The molecule has 4 nitrogen and oxygen atoms in total. The molecule has 0 spiro atoms. The summed E-state index contributed by atoms with van der Waals surface area (Å²) in [7, 11) is 1.61. The second-order valence-corrected chi connectivity index (χ2v) is 5.28. The summed E-state index contributed by atoms with van der Waals surface area (Å²) in [5.74, 6) is -0.564. The molecule has 0 saturated carbocycles. The van der Waals surface area contributed by atoms with Gasteiger partial charge in [0.2, 0.25) is 0 Å². The predicted octanol–water partition coefficient (Wildman–Crippen LogP) is 3.68. The van der Waals surface area contributed by atoms with E-state index in [1.807, 2.05) is 0 Å². The summed E-state index contributed by atoms with van der Waals surface area (Å²) in [5.41, 5.74) is 0.332. The maximum atomic E-state index is 13.4. The first-order valence-corrected chi connectivity index (χ1v) is 7.19. The molecule has 0 aliphatic heterocycles. The predicted molar refractivity (Wildman–Crippen MR) is 83.1 cm³/mol. The normalized spacial score (nSPS) is 10.4. The Kier molecular flexibility index (Phi) is 5.57. The smallest absolute Gasteiger partial charge is 0.253 e. The highest BCUT2D eigenvalue weighted by Gasteiger charge is 2.14. The van der Waals surface area contributed by atoms with Crippen molar-refractivity contribution in [1.29, 1.82) is 0 Å². The third kappa shape index (κ3) is 4.32. The molecule has 0 unspecified atom stereocenters. The van der Waals surface area contributed by atoms with Crippen LogP contribution in [0.3, 0.4) is 0 Å². The first kappa shape index (κ1) is 16.5. The highest BCUT2D eigenvalue weighted by atomic mass is 35.5. The minimum Gasteiger partial charge on any atom is -0.489 e. The van der Waals surface area contributed by atoms with Crippen molar-refractivity contribution in [2.75, 3.05) is 20.2 Å². The molecule has 0 aliphatic rings. The molecule has 0 atom stereocenters. The average Bonchev–Trinajstić information content (AvgIpc) is 2.47. The van der Waals surface area contributed by atoms with Gasteiger partial charge in [-0.2, -0.15) is 0 Å². The molecule has 116 valence electrons. The molecular formula is C15H13Cl2FN2O2. The van der Waals surface area contributed by atoms with Gasteiger partial charge in [0.05, 0.1) is 6.54 Å². The number of carbonyl (C=O) groups is 1. The number of benzene rings is 1. The van der Waals surface area contributed by atoms with Gasteiger partial charge in [0.15, 0.2) is 11.6 Å². The Morgan fingerprint density at radius 3 is 2.55 bits per heavy atom. The summed E-state index contributed by atoms with van der Waals surface area (Å²) in [6.45, 7) is 0.445. The van der Waals surface area contributed by atoms with Crippen LogP contribution < -0.4 is 4.74 Å². The zero-order valence-corrected chi connectivity index (χ0v) is 13.2. The Bertz CT molecular complexity index is 662. The molecule has 1 aromatic carbocycles. The van der Waals surface area contributed by atoms with E-state index in [1.54, 1.807) is 19.2 Å². The first-order chi connectivity index (χ1) is 10.5. The van der Waals surface area contributed by atoms with Gasteiger partial charge >= 0.3 is 0 Å². The monoisotopic (exact) mass is 342 g/mol. The van der Waals surface area contributed by atoms with Crippen molar-refractivity contribution >= 4 is 29.1 Å². The van der Waals surface area contributed by atoms with Crippen LogP contribution in [-0.2, 0) is 0 Å². The molecule has 0 aliphatic carbocycles. The summed E-state index contributed by atoms with van der Waals surface area (Å²) in [4.78, 5) is 17.4. The number of halogens is 3. The van der Waals surface area contributed by atoms with Crippen molar-refractivity contribution < 1.29 is 13.9 Å². The van der Waals surface area contributed by atoms with Crippen molar-refractivity contribution in [2.24, 2.45) is 0 Å². The van der Waals surface area contributed by atoms with Crippen LogP contribution in [0.4, 0.5) is 4.39 Å². The van der Waals surface area contributed by atoms with Gasteiger partial charge in [-0.15, -0.1) is 0 Å². The summed E-state index contributed by atoms with van der Waals surface area (Å²) in [5, 5.41) is 0.290. The lowest BCUT2D eigenvalue weighted by Crippen LogP contribution is -2.31. The highest BCUT2D eigenvalue weighted by Crippen LogP contribution is 2.17. The molecule has 1 heterocycles. The number of rotatable bonds is 5. The third-order valence-corrected chi connectivity index (χ3v) is 3.26. The zero-order chi connectivity index (χ0) is 16.1. The maximum absolute atomic E-state index is 13.4. The van der Waals surface area contributed by atoms with Gasteiger partial charge in [0.1, 0.15) is 16.9 Å². The van der Waals surface area contributed by atoms with Gasteiger partial charge in [0.25, 0.3) is 5.91 Å².